The summed E-state index contributed by atoms with van der Waals surface area (Å²) in [4.78, 5) is 31.1. The molecule has 9 heteroatoms. The summed E-state index contributed by atoms with van der Waals surface area (Å²) >= 11 is 0. The Bertz CT molecular complexity index is 1000. The summed E-state index contributed by atoms with van der Waals surface area (Å²) in [6.45, 7) is 0.187. The van der Waals surface area contributed by atoms with Crippen LogP contribution in [0.3, 0.4) is 0 Å². The first-order valence-electron chi connectivity index (χ1n) is 9.03. The molecule has 29 heavy (non-hydrogen) atoms. The predicted molar refractivity (Wildman–Crippen MR) is 106 cm³/mol. The summed E-state index contributed by atoms with van der Waals surface area (Å²) in [5, 5.41) is 0. The molecular weight excluding hydrogens is 396 g/mol. The van der Waals surface area contributed by atoms with Gasteiger partial charge in [0.1, 0.15) is 0 Å². The first kappa shape index (κ1) is 21.0. The minimum absolute atomic E-state index is 0.0283. The van der Waals surface area contributed by atoms with Crippen molar-refractivity contribution in [3.05, 3.63) is 59.7 Å². The van der Waals surface area contributed by atoms with Gasteiger partial charge in [0.15, 0.2) is 6.61 Å². The third-order valence-electron chi connectivity index (χ3n) is 4.72. The highest BCUT2D eigenvalue weighted by atomic mass is 32.2. The van der Waals surface area contributed by atoms with E-state index in [1.807, 2.05) is 24.3 Å². The Labute approximate surface area is 169 Å². The van der Waals surface area contributed by atoms with Crippen molar-refractivity contribution in [3.8, 4) is 0 Å². The fourth-order valence-electron chi connectivity index (χ4n) is 3.09. The summed E-state index contributed by atoms with van der Waals surface area (Å²) in [7, 11) is -1.30. The molecule has 0 aliphatic carbocycles. The van der Waals surface area contributed by atoms with Gasteiger partial charge in [-0.15, -0.1) is 0 Å². The maximum Gasteiger partial charge on any atom is 0.338 e. The number of amides is 1. The van der Waals surface area contributed by atoms with Gasteiger partial charge in [0.2, 0.25) is 0 Å². The second-order valence-corrected chi connectivity index (χ2v) is 8.41. The van der Waals surface area contributed by atoms with Crippen LogP contribution in [-0.4, -0.2) is 52.1 Å². The zero-order valence-electron chi connectivity index (χ0n) is 16.2. The first-order chi connectivity index (χ1) is 13.8. The number of sulfonamides is 1. The standard InChI is InChI=1S/C20H22N2O6S/c1-21(27-2)29(25,26)17-11-9-16(10-12-17)20(24)28-14-19(23)22-13-5-7-15-6-3-4-8-18(15)22/h3-4,6,8-12H,5,7,13-14H2,1-2H3. The van der Waals surface area contributed by atoms with Crippen molar-refractivity contribution in [2.24, 2.45) is 0 Å². The van der Waals surface area contributed by atoms with E-state index in [1.54, 1.807) is 4.90 Å². The zero-order valence-corrected chi connectivity index (χ0v) is 17.0. The van der Waals surface area contributed by atoms with E-state index in [2.05, 4.69) is 0 Å². The van der Waals surface area contributed by atoms with E-state index >= 15 is 0 Å². The number of carbonyl (C=O) groups excluding carboxylic acids is 2. The number of nitrogens with zero attached hydrogens (tertiary/aromatic N) is 2. The van der Waals surface area contributed by atoms with Gasteiger partial charge in [0.25, 0.3) is 15.9 Å². The van der Waals surface area contributed by atoms with Gasteiger partial charge in [-0.2, -0.15) is 0 Å². The van der Waals surface area contributed by atoms with Gasteiger partial charge in [-0.1, -0.05) is 22.7 Å². The Kier molecular flexibility index (Phi) is 6.31. The quantitative estimate of drug-likeness (QED) is 0.526. The van der Waals surface area contributed by atoms with E-state index in [4.69, 9.17) is 9.57 Å². The lowest BCUT2D eigenvalue weighted by Gasteiger charge is -2.29. The number of fused-ring (bicyclic) bond motifs is 1. The highest BCUT2D eigenvalue weighted by Crippen LogP contribution is 2.26. The molecule has 0 bridgehead atoms. The number of hydrogen-bond donors (Lipinski definition) is 0. The van der Waals surface area contributed by atoms with Crippen LogP contribution < -0.4 is 4.90 Å². The highest BCUT2D eigenvalue weighted by Gasteiger charge is 2.24. The van der Waals surface area contributed by atoms with E-state index in [9.17, 15) is 18.0 Å². The van der Waals surface area contributed by atoms with E-state index in [0.717, 1.165) is 28.6 Å². The Morgan fingerprint density at radius 3 is 2.48 bits per heavy atom. The largest absolute Gasteiger partial charge is 0.452 e. The molecule has 0 radical (unpaired) electrons. The van der Waals surface area contributed by atoms with E-state index in [0.29, 0.717) is 6.54 Å². The molecule has 154 valence electrons. The summed E-state index contributed by atoms with van der Waals surface area (Å²) in [5.74, 6) is -1.00. The molecule has 1 aliphatic rings. The molecule has 0 unspecified atom stereocenters. The van der Waals surface area contributed by atoms with Gasteiger partial charge >= 0.3 is 5.97 Å². The maximum atomic E-state index is 12.5. The zero-order chi connectivity index (χ0) is 21.0. The third-order valence-corrected chi connectivity index (χ3v) is 6.42. The molecule has 3 rings (SSSR count). The number of anilines is 1. The molecule has 1 amide bonds. The number of ether oxygens (including phenoxy) is 1. The van der Waals surface area contributed by atoms with E-state index in [1.165, 1.54) is 38.4 Å². The van der Waals surface area contributed by atoms with Gasteiger partial charge < -0.3 is 9.64 Å². The van der Waals surface area contributed by atoms with Crippen LogP contribution in [0.4, 0.5) is 5.69 Å². The molecular formula is C20H22N2O6S. The fourth-order valence-corrected chi connectivity index (χ4v) is 4.06. The van der Waals surface area contributed by atoms with Gasteiger partial charge in [0.05, 0.1) is 17.6 Å². The van der Waals surface area contributed by atoms with Gasteiger partial charge in [-0.25, -0.2) is 13.2 Å². The average molecular weight is 418 g/mol. The summed E-state index contributed by atoms with van der Waals surface area (Å²) < 4.78 is 30.2. The van der Waals surface area contributed by atoms with Crippen LogP contribution in [0.1, 0.15) is 22.3 Å². The molecule has 0 fully saturated rings. The van der Waals surface area contributed by atoms with Gasteiger partial charge in [-0.3, -0.25) is 9.63 Å². The Morgan fingerprint density at radius 2 is 1.79 bits per heavy atom. The molecule has 0 N–H and O–H groups in total. The number of hydroxylamine groups is 1. The van der Waals surface area contributed by atoms with Crippen molar-refractivity contribution in [2.45, 2.75) is 17.7 Å². The molecule has 8 nitrogen and oxygen atoms in total. The second-order valence-electron chi connectivity index (χ2n) is 6.48. The minimum atomic E-state index is -3.80. The lowest BCUT2D eigenvalue weighted by atomic mass is 10.0. The lowest BCUT2D eigenvalue weighted by Crippen LogP contribution is -2.38. The minimum Gasteiger partial charge on any atom is -0.452 e. The van der Waals surface area contributed by atoms with Crippen LogP contribution in [0.5, 0.6) is 0 Å². The number of rotatable bonds is 6. The predicted octanol–water partition coefficient (Wildman–Crippen LogP) is 2.00. The van der Waals surface area contributed by atoms with Crippen molar-refractivity contribution < 1.29 is 27.6 Å². The molecule has 2 aromatic carbocycles. The summed E-state index contributed by atoms with van der Waals surface area (Å²) in [5.41, 5.74) is 2.09. The summed E-state index contributed by atoms with van der Waals surface area (Å²) in [6.07, 6.45) is 1.76. The Morgan fingerprint density at radius 1 is 1.10 bits per heavy atom. The highest BCUT2D eigenvalue weighted by molar-refractivity contribution is 7.89. The molecule has 2 aromatic rings. The number of aryl methyl sites for hydroxylation is 1. The topological polar surface area (TPSA) is 93.2 Å². The van der Waals surface area contributed by atoms with Crippen molar-refractivity contribution in [1.29, 1.82) is 0 Å². The number of benzene rings is 2. The molecule has 1 heterocycles. The first-order valence-corrected chi connectivity index (χ1v) is 10.5. The number of carbonyl (C=O) groups is 2. The second kappa shape index (κ2) is 8.73. The molecule has 1 aliphatic heterocycles. The van der Waals surface area contributed by atoms with Crippen molar-refractivity contribution in [3.63, 3.8) is 0 Å². The van der Waals surface area contributed by atoms with Crippen LogP contribution >= 0.6 is 0 Å². The number of esters is 1. The van der Waals surface area contributed by atoms with Gasteiger partial charge in [0, 0.05) is 19.3 Å². The van der Waals surface area contributed by atoms with Crippen LogP contribution in [-0.2, 0) is 30.8 Å². The third kappa shape index (κ3) is 4.47. The van der Waals surface area contributed by atoms with Crippen molar-refractivity contribution in [1.82, 2.24) is 4.47 Å². The molecule has 0 saturated heterocycles. The van der Waals surface area contributed by atoms with Crippen LogP contribution in [0.15, 0.2) is 53.4 Å². The molecule has 0 spiro atoms. The monoisotopic (exact) mass is 418 g/mol. The summed E-state index contributed by atoms with van der Waals surface area (Å²) in [6, 6.07) is 12.9. The SMILES string of the molecule is CON(C)S(=O)(=O)c1ccc(C(=O)OCC(=O)N2CCCc3ccccc32)cc1. The molecule has 0 aromatic heterocycles. The van der Waals surface area contributed by atoms with Crippen LogP contribution in [0.25, 0.3) is 0 Å². The van der Waals surface area contributed by atoms with E-state index < -0.39 is 16.0 Å². The van der Waals surface area contributed by atoms with E-state index in [-0.39, 0.29) is 23.0 Å². The van der Waals surface area contributed by atoms with Crippen molar-refractivity contribution >= 4 is 27.6 Å². The Hall–Kier alpha value is -2.75. The average Bonchev–Trinajstić information content (AvgIpc) is 2.76. The lowest BCUT2D eigenvalue weighted by molar-refractivity contribution is -0.121. The van der Waals surface area contributed by atoms with Crippen LogP contribution in [0.2, 0.25) is 0 Å². The number of hydrogen-bond acceptors (Lipinski definition) is 6. The van der Waals surface area contributed by atoms with Crippen LogP contribution in [0, 0.1) is 0 Å². The van der Waals surface area contributed by atoms with Gasteiger partial charge in [-0.05, 0) is 48.7 Å². The molecule has 0 atom stereocenters. The normalized spacial score (nSPS) is 13.8. The maximum absolute atomic E-state index is 12.5. The van der Waals surface area contributed by atoms with Crippen molar-refractivity contribution in [2.75, 3.05) is 32.2 Å². The fraction of sp³-hybridized carbons (Fsp3) is 0.300. The Balaban J connectivity index is 1.64. The number of para-hydroxylation sites is 1. The molecule has 0 saturated carbocycles. The smallest absolute Gasteiger partial charge is 0.338 e.